The summed E-state index contributed by atoms with van der Waals surface area (Å²) in [4.78, 5) is 0.384. The molecule has 0 aliphatic heterocycles. The minimum atomic E-state index is 0.384. The van der Waals surface area contributed by atoms with Crippen LogP contribution >= 0.6 is 15.9 Å². The topological polar surface area (TPSA) is 0 Å². The van der Waals surface area contributed by atoms with Crippen LogP contribution in [0.15, 0.2) is 36.4 Å². The van der Waals surface area contributed by atoms with E-state index in [2.05, 4.69) is 80.0 Å². The van der Waals surface area contributed by atoms with E-state index in [1.54, 1.807) is 0 Å². The minimum absolute atomic E-state index is 0.384. The van der Waals surface area contributed by atoms with Crippen LogP contribution in [0, 0.1) is 27.7 Å². The predicted molar refractivity (Wildman–Crippen MR) is 87.2 cm³/mol. The Morgan fingerprint density at radius 2 is 1.58 bits per heavy atom. The first-order valence-electron chi connectivity index (χ1n) is 6.74. The van der Waals surface area contributed by atoms with Crippen molar-refractivity contribution in [1.29, 1.82) is 0 Å². The van der Waals surface area contributed by atoms with E-state index in [-0.39, 0.29) is 0 Å². The highest BCUT2D eigenvalue weighted by Crippen LogP contribution is 2.30. The molecule has 0 amide bonds. The maximum atomic E-state index is 3.84. The summed E-state index contributed by atoms with van der Waals surface area (Å²) in [5, 5.41) is 0. The van der Waals surface area contributed by atoms with Crippen molar-refractivity contribution in [2.45, 2.75) is 38.9 Å². The fourth-order valence-electron chi connectivity index (χ4n) is 2.42. The van der Waals surface area contributed by atoms with Gasteiger partial charge in [-0.1, -0.05) is 57.9 Å². The highest BCUT2D eigenvalue weighted by molar-refractivity contribution is 9.09. The van der Waals surface area contributed by atoms with Crippen LogP contribution in [0.25, 0.3) is 0 Å². The molecule has 0 aliphatic rings. The zero-order valence-corrected chi connectivity index (χ0v) is 13.7. The van der Waals surface area contributed by atoms with Crippen molar-refractivity contribution in [3.63, 3.8) is 0 Å². The summed E-state index contributed by atoms with van der Waals surface area (Å²) in [6, 6.07) is 13.4. The molecule has 0 radical (unpaired) electrons. The molecule has 0 aromatic heterocycles. The fourth-order valence-corrected chi connectivity index (χ4v) is 3.31. The Morgan fingerprint density at radius 3 is 2.21 bits per heavy atom. The van der Waals surface area contributed by atoms with E-state index in [1.807, 2.05) is 0 Å². The van der Waals surface area contributed by atoms with Crippen molar-refractivity contribution in [3.8, 4) is 0 Å². The average molecular weight is 317 g/mol. The molecule has 0 saturated carbocycles. The van der Waals surface area contributed by atoms with E-state index in [1.165, 1.54) is 33.4 Å². The maximum absolute atomic E-state index is 3.84. The van der Waals surface area contributed by atoms with Crippen LogP contribution in [0.3, 0.4) is 0 Å². The van der Waals surface area contributed by atoms with Gasteiger partial charge in [0.1, 0.15) is 0 Å². The van der Waals surface area contributed by atoms with Crippen LogP contribution in [0.4, 0.5) is 0 Å². The second-order valence-corrected chi connectivity index (χ2v) is 6.56. The Balaban J connectivity index is 2.20. The summed E-state index contributed by atoms with van der Waals surface area (Å²) in [7, 11) is 0. The molecule has 0 saturated heterocycles. The first-order chi connectivity index (χ1) is 8.97. The summed E-state index contributed by atoms with van der Waals surface area (Å²) >= 11 is 3.84. The molecule has 19 heavy (non-hydrogen) atoms. The van der Waals surface area contributed by atoms with Crippen molar-refractivity contribution >= 4 is 15.9 Å². The van der Waals surface area contributed by atoms with Gasteiger partial charge in [-0.05, 0) is 61.9 Å². The normalized spacial score (nSPS) is 12.5. The quantitative estimate of drug-likeness (QED) is 0.647. The summed E-state index contributed by atoms with van der Waals surface area (Å²) in [6.45, 7) is 8.67. The van der Waals surface area contributed by atoms with Crippen LogP contribution in [-0.2, 0) is 6.42 Å². The highest BCUT2D eigenvalue weighted by Gasteiger charge is 2.11. The molecular weight excluding hydrogens is 296 g/mol. The van der Waals surface area contributed by atoms with Crippen molar-refractivity contribution in [3.05, 3.63) is 69.8 Å². The van der Waals surface area contributed by atoms with Crippen LogP contribution in [0.5, 0.6) is 0 Å². The van der Waals surface area contributed by atoms with Crippen molar-refractivity contribution in [2.24, 2.45) is 0 Å². The van der Waals surface area contributed by atoms with Gasteiger partial charge < -0.3 is 0 Å². The Kier molecular flexibility index (Phi) is 4.46. The van der Waals surface area contributed by atoms with Gasteiger partial charge in [-0.15, -0.1) is 0 Å². The number of hydrogen-bond donors (Lipinski definition) is 0. The first kappa shape index (κ1) is 14.3. The molecule has 0 fully saturated rings. The number of hydrogen-bond acceptors (Lipinski definition) is 0. The molecule has 1 atom stereocenters. The molecule has 1 heteroatoms. The third-order valence-corrected chi connectivity index (χ3v) is 4.57. The zero-order chi connectivity index (χ0) is 14.0. The Morgan fingerprint density at radius 1 is 0.842 bits per heavy atom. The van der Waals surface area contributed by atoms with Crippen LogP contribution < -0.4 is 0 Å². The summed E-state index contributed by atoms with van der Waals surface area (Å²) < 4.78 is 0. The van der Waals surface area contributed by atoms with E-state index in [0.29, 0.717) is 4.83 Å². The number of alkyl halides is 1. The lowest BCUT2D eigenvalue weighted by Gasteiger charge is -2.14. The van der Waals surface area contributed by atoms with Gasteiger partial charge in [0.2, 0.25) is 0 Å². The lowest BCUT2D eigenvalue weighted by atomic mass is 9.97. The molecule has 0 heterocycles. The van der Waals surface area contributed by atoms with E-state index in [9.17, 15) is 0 Å². The minimum Gasteiger partial charge on any atom is -0.0835 e. The number of rotatable bonds is 3. The maximum Gasteiger partial charge on any atom is 0.0438 e. The smallest absolute Gasteiger partial charge is 0.0438 e. The van der Waals surface area contributed by atoms with E-state index in [4.69, 9.17) is 0 Å². The third-order valence-electron chi connectivity index (χ3n) is 3.75. The van der Waals surface area contributed by atoms with Crippen molar-refractivity contribution in [1.82, 2.24) is 0 Å². The summed E-state index contributed by atoms with van der Waals surface area (Å²) in [5.74, 6) is 0. The lowest BCUT2D eigenvalue weighted by Crippen LogP contribution is -1.99. The second-order valence-electron chi connectivity index (χ2n) is 5.45. The monoisotopic (exact) mass is 316 g/mol. The van der Waals surface area contributed by atoms with Gasteiger partial charge in [0, 0.05) is 4.83 Å². The molecular formula is C18H21Br. The largest absolute Gasteiger partial charge is 0.0835 e. The molecule has 2 aromatic carbocycles. The van der Waals surface area contributed by atoms with E-state index < -0.39 is 0 Å². The van der Waals surface area contributed by atoms with Gasteiger partial charge in [0.25, 0.3) is 0 Å². The predicted octanol–water partition coefficient (Wildman–Crippen LogP) is 5.60. The number of benzene rings is 2. The molecule has 0 bridgehead atoms. The summed E-state index contributed by atoms with van der Waals surface area (Å²) in [5.41, 5.74) is 8.21. The van der Waals surface area contributed by atoms with Gasteiger partial charge in [0.15, 0.2) is 0 Å². The van der Waals surface area contributed by atoms with E-state index >= 15 is 0 Å². The van der Waals surface area contributed by atoms with Crippen LogP contribution in [-0.4, -0.2) is 0 Å². The molecule has 0 nitrogen and oxygen atoms in total. The van der Waals surface area contributed by atoms with Crippen LogP contribution in [0.2, 0.25) is 0 Å². The molecule has 100 valence electrons. The van der Waals surface area contributed by atoms with Crippen LogP contribution in [0.1, 0.15) is 38.2 Å². The fraction of sp³-hybridized carbons (Fsp3) is 0.333. The van der Waals surface area contributed by atoms with Gasteiger partial charge in [-0.3, -0.25) is 0 Å². The lowest BCUT2D eigenvalue weighted by molar-refractivity contribution is 0.934. The number of halogens is 1. The standard InChI is InChI=1S/C18H21Br/c1-12-5-8-17(15(4)9-12)18(19)11-16-7-6-13(2)14(3)10-16/h5-10,18H,11H2,1-4H3. The molecule has 2 rings (SSSR count). The highest BCUT2D eigenvalue weighted by atomic mass is 79.9. The third kappa shape index (κ3) is 3.48. The van der Waals surface area contributed by atoms with Gasteiger partial charge >= 0.3 is 0 Å². The van der Waals surface area contributed by atoms with E-state index in [0.717, 1.165) is 6.42 Å². The molecule has 0 spiro atoms. The summed E-state index contributed by atoms with van der Waals surface area (Å²) in [6.07, 6.45) is 1.03. The van der Waals surface area contributed by atoms with Gasteiger partial charge in [-0.25, -0.2) is 0 Å². The average Bonchev–Trinajstić information content (AvgIpc) is 2.33. The van der Waals surface area contributed by atoms with Gasteiger partial charge in [-0.2, -0.15) is 0 Å². The van der Waals surface area contributed by atoms with Crippen molar-refractivity contribution in [2.75, 3.05) is 0 Å². The SMILES string of the molecule is Cc1ccc(C(Br)Cc2ccc(C)c(C)c2)c(C)c1. The van der Waals surface area contributed by atoms with Crippen molar-refractivity contribution < 1.29 is 0 Å². The zero-order valence-electron chi connectivity index (χ0n) is 12.1. The Hall–Kier alpha value is -1.08. The molecule has 1 unspecified atom stereocenters. The Labute approximate surface area is 125 Å². The number of aryl methyl sites for hydroxylation is 4. The molecule has 0 aliphatic carbocycles. The van der Waals surface area contributed by atoms with Gasteiger partial charge in [0.05, 0.1) is 0 Å². The second kappa shape index (κ2) is 5.92. The molecule has 0 N–H and O–H groups in total. The first-order valence-corrected chi connectivity index (χ1v) is 7.66. The Bertz CT molecular complexity index is 584. The molecule has 2 aromatic rings.